The van der Waals surface area contributed by atoms with Crippen molar-refractivity contribution in [2.24, 2.45) is 0 Å². The second kappa shape index (κ2) is 6.24. The third-order valence-electron chi connectivity index (χ3n) is 3.31. The molecule has 1 atom stereocenters. The van der Waals surface area contributed by atoms with Crippen LogP contribution in [0.1, 0.15) is 44.5 Å². The summed E-state index contributed by atoms with van der Waals surface area (Å²) in [6, 6.07) is 4.55. The van der Waals surface area contributed by atoms with Crippen LogP contribution in [0, 0.1) is 6.92 Å². The lowest BCUT2D eigenvalue weighted by Gasteiger charge is -2.16. The van der Waals surface area contributed by atoms with Crippen molar-refractivity contribution in [3.05, 3.63) is 17.1 Å². The van der Waals surface area contributed by atoms with Gasteiger partial charge in [-0.15, -0.1) is 11.3 Å². The number of rotatable bonds is 6. The van der Waals surface area contributed by atoms with E-state index in [2.05, 4.69) is 30.2 Å². The summed E-state index contributed by atoms with van der Waals surface area (Å²) in [6.45, 7) is 6.47. The van der Waals surface area contributed by atoms with Crippen molar-refractivity contribution >= 4 is 32.9 Å². The highest BCUT2D eigenvalue weighted by molar-refractivity contribution is 7.18. The number of aryl methyl sites for hydroxylation is 1. The van der Waals surface area contributed by atoms with Gasteiger partial charge in [-0.25, -0.2) is 4.98 Å². The second-order valence-corrected chi connectivity index (χ2v) is 6.42. The van der Waals surface area contributed by atoms with E-state index in [0.29, 0.717) is 6.04 Å². The molecule has 1 heterocycles. The molecule has 0 saturated heterocycles. The molecule has 104 valence electrons. The van der Waals surface area contributed by atoms with E-state index in [1.165, 1.54) is 30.4 Å². The minimum atomic E-state index is 0.450. The monoisotopic (exact) mass is 277 g/mol. The van der Waals surface area contributed by atoms with Crippen LogP contribution in [-0.4, -0.2) is 11.0 Å². The summed E-state index contributed by atoms with van der Waals surface area (Å²) >= 11 is 1.69. The van der Waals surface area contributed by atoms with Crippen molar-refractivity contribution in [3.63, 3.8) is 0 Å². The van der Waals surface area contributed by atoms with Crippen molar-refractivity contribution < 1.29 is 0 Å². The quantitative estimate of drug-likeness (QED) is 0.601. The molecular weight excluding hydrogens is 254 g/mol. The molecule has 0 bridgehead atoms. The number of benzene rings is 1. The maximum Gasteiger partial charge on any atom is 0.0907 e. The molecule has 1 unspecified atom stereocenters. The van der Waals surface area contributed by atoms with Gasteiger partial charge in [-0.2, -0.15) is 0 Å². The Balaban J connectivity index is 2.09. The van der Waals surface area contributed by atoms with Crippen LogP contribution in [0.15, 0.2) is 12.1 Å². The third kappa shape index (κ3) is 3.60. The zero-order valence-corrected chi connectivity index (χ0v) is 12.8. The predicted octanol–water partition coefficient (Wildman–Crippen LogP) is 4.57. The molecule has 19 heavy (non-hydrogen) atoms. The zero-order chi connectivity index (χ0) is 13.8. The smallest absolute Gasteiger partial charge is 0.0907 e. The van der Waals surface area contributed by atoms with Gasteiger partial charge in [0.25, 0.3) is 0 Å². The van der Waals surface area contributed by atoms with Crippen molar-refractivity contribution in [1.29, 1.82) is 0 Å². The lowest BCUT2D eigenvalue weighted by atomic mass is 10.1. The van der Waals surface area contributed by atoms with E-state index in [4.69, 9.17) is 5.73 Å². The fourth-order valence-corrected chi connectivity index (χ4v) is 3.13. The Morgan fingerprint density at radius 1 is 1.37 bits per heavy atom. The van der Waals surface area contributed by atoms with E-state index < -0.39 is 0 Å². The lowest BCUT2D eigenvalue weighted by Crippen LogP contribution is -2.15. The average molecular weight is 277 g/mol. The molecule has 1 aromatic carbocycles. The van der Waals surface area contributed by atoms with E-state index >= 15 is 0 Å². The maximum absolute atomic E-state index is 6.12. The summed E-state index contributed by atoms with van der Waals surface area (Å²) in [5, 5.41) is 4.60. The molecule has 2 rings (SSSR count). The van der Waals surface area contributed by atoms with E-state index in [0.717, 1.165) is 21.9 Å². The second-order valence-electron chi connectivity index (χ2n) is 5.18. The fourth-order valence-electron chi connectivity index (χ4n) is 2.27. The normalized spacial score (nSPS) is 12.8. The lowest BCUT2D eigenvalue weighted by molar-refractivity contribution is 0.615. The molecule has 1 aromatic heterocycles. The largest absolute Gasteiger partial charge is 0.397 e. The standard InChI is InChI=1S/C15H23N3S/c1-4-5-6-7-10(2)17-13-9-14-15(8-12(13)16)19-11(3)18-14/h8-10,17H,4-7,16H2,1-3H3. The molecule has 0 aliphatic rings. The Bertz CT molecular complexity index is 548. The summed E-state index contributed by atoms with van der Waals surface area (Å²) < 4.78 is 1.17. The summed E-state index contributed by atoms with van der Waals surface area (Å²) in [4.78, 5) is 4.52. The van der Waals surface area contributed by atoms with Crippen molar-refractivity contribution in [3.8, 4) is 0 Å². The van der Waals surface area contributed by atoms with Crippen molar-refractivity contribution in [2.45, 2.75) is 52.5 Å². The Morgan fingerprint density at radius 2 is 2.16 bits per heavy atom. The van der Waals surface area contributed by atoms with E-state index in [-0.39, 0.29) is 0 Å². The number of fused-ring (bicyclic) bond motifs is 1. The Kier molecular flexibility index (Phi) is 4.64. The minimum absolute atomic E-state index is 0.450. The Labute approximate surface area is 119 Å². The third-order valence-corrected chi connectivity index (χ3v) is 4.24. The first-order valence-corrected chi connectivity index (χ1v) is 7.85. The highest BCUT2D eigenvalue weighted by Crippen LogP contribution is 2.30. The van der Waals surface area contributed by atoms with Gasteiger partial charge >= 0.3 is 0 Å². The van der Waals surface area contributed by atoms with Crippen LogP contribution >= 0.6 is 11.3 Å². The predicted molar refractivity (Wildman–Crippen MR) is 86.0 cm³/mol. The number of nitrogens with zero attached hydrogens (tertiary/aromatic N) is 1. The van der Waals surface area contributed by atoms with E-state index in [1.807, 2.05) is 13.0 Å². The molecule has 0 spiro atoms. The minimum Gasteiger partial charge on any atom is -0.397 e. The van der Waals surface area contributed by atoms with Crippen molar-refractivity contribution in [2.75, 3.05) is 11.1 Å². The number of hydrogen-bond donors (Lipinski definition) is 2. The maximum atomic E-state index is 6.12. The van der Waals surface area contributed by atoms with Crippen LogP contribution in [0.3, 0.4) is 0 Å². The molecule has 0 fully saturated rings. The first-order chi connectivity index (χ1) is 9.10. The molecular formula is C15H23N3S. The van der Waals surface area contributed by atoms with E-state index in [1.54, 1.807) is 11.3 Å². The van der Waals surface area contributed by atoms with Gasteiger partial charge in [0.2, 0.25) is 0 Å². The summed E-state index contributed by atoms with van der Waals surface area (Å²) in [7, 11) is 0. The van der Waals surface area contributed by atoms with Gasteiger partial charge in [0.1, 0.15) is 0 Å². The van der Waals surface area contributed by atoms with Crippen LogP contribution in [0.4, 0.5) is 11.4 Å². The van der Waals surface area contributed by atoms with Crippen LogP contribution in [0.2, 0.25) is 0 Å². The zero-order valence-electron chi connectivity index (χ0n) is 12.0. The number of thiazole rings is 1. The van der Waals surface area contributed by atoms with Gasteiger partial charge in [0.15, 0.2) is 0 Å². The molecule has 4 heteroatoms. The average Bonchev–Trinajstić information content (AvgIpc) is 2.69. The van der Waals surface area contributed by atoms with Crippen molar-refractivity contribution in [1.82, 2.24) is 4.98 Å². The van der Waals surface area contributed by atoms with Gasteiger partial charge < -0.3 is 11.1 Å². The highest BCUT2D eigenvalue weighted by atomic mass is 32.1. The number of unbranched alkanes of at least 4 members (excludes halogenated alkanes) is 2. The molecule has 0 radical (unpaired) electrons. The number of nitrogen functional groups attached to an aromatic ring is 1. The van der Waals surface area contributed by atoms with Gasteiger partial charge in [0.05, 0.1) is 26.6 Å². The van der Waals surface area contributed by atoms with Crippen LogP contribution in [0.5, 0.6) is 0 Å². The van der Waals surface area contributed by atoms with Gasteiger partial charge in [-0.05, 0) is 32.4 Å². The van der Waals surface area contributed by atoms with Crippen LogP contribution < -0.4 is 11.1 Å². The number of aromatic nitrogens is 1. The summed E-state index contributed by atoms with van der Waals surface area (Å²) in [5.74, 6) is 0. The molecule has 3 N–H and O–H groups in total. The molecule has 0 aliphatic heterocycles. The number of anilines is 2. The number of hydrogen-bond acceptors (Lipinski definition) is 4. The number of nitrogens with one attached hydrogen (secondary N) is 1. The van der Waals surface area contributed by atoms with Gasteiger partial charge in [0, 0.05) is 6.04 Å². The first-order valence-electron chi connectivity index (χ1n) is 7.03. The summed E-state index contributed by atoms with van der Waals surface area (Å²) in [5.41, 5.74) is 8.99. The van der Waals surface area contributed by atoms with Gasteiger partial charge in [-0.3, -0.25) is 0 Å². The fraction of sp³-hybridized carbons (Fsp3) is 0.533. The topological polar surface area (TPSA) is 50.9 Å². The Hall–Kier alpha value is -1.29. The molecule has 0 amide bonds. The molecule has 0 aliphatic carbocycles. The first kappa shape index (κ1) is 14.1. The molecule has 0 saturated carbocycles. The summed E-state index contributed by atoms with van der Waals surface area (Å²) in [6.07, 6.45) is 5.01. The van der Waals surface area contributed by atoms with E-state index in [9.17, 15) is 0 Å². The molecule has 2 aromatic rings. The van der Waals surface area contributed by atoms with Gasteiger partial charge in [-0.1, -0.05) is 26.2 Å². The Morgan fingerprint density at radius 3 is 2.89 bits per heavy atom. The van der Waals surface area contributed by atoms with Crippen LogP contribution in [-0.2, 0) is 0 Å². The number of nitrogens with two attached hydrogens (primary N) is 1. The molecule has 3 nitrogen and oxygen atoms in total. The highest BCUT2D eigenvalue weighted by Gasteiger charge is 2.08. The SMILES string of the molecule is CCCCCC(C)Nc1cc2nc(C)sc2cc1N. The van der Waals surface area contributed by atoms with Crippen LogP contribution in [0.25, 0.3) is 10.2 Å².